The van der Waals surface area contributed by atoms with Crippen molar-refractivity contribution in [2.75, 3.05) is 0 Å². The topological polar surface area (TPSA) is 59.1 Å². The Morgan fingerprint density at radius 3 is 2.62 bits per heavy atom. The molecule has 0 atom stereocenters. The second-order valence-corrected chi connectivity index (χ2v) is 2.33. The second-order valence-electron chi connectivity index (χ2n) is 2.33. The number of nitrogens with zero attached hydrogens (tertiary/aromatic N) is 1. The van der Waals surface area contributed by atoms with Crippen LogP contribution in [0.25, 0.3) is 0 Å². The van der Waals surface area contributed by atoms with Gasteiger partial charge < -0.3 is 10.8 Å². The Hall–Kier alpha value is -1.30. The molecule has 0 fully saturated rings. The largest absolute Gasteiger partial charge is 0.503 e. The quantitative estimate of drug-likeness (QED) is 0.742. The molecule has 0 aliphatic heterocycles. The predicted molar refractivity (Wildman–Crippen MR) is 38.7 cm³/mol. The average Bonchev–Trinajstić information content (AvgIpc) is 2.09. The maximum absolute atomic E-state index is 12.7. The number of nitrogens with two attached hydrogens (primary N) is 1. The van der Waals surface area contributed by atoms with Gasteiger partial charge in [0, 0.05) is 12.6 Å². The fourth-order valence-electron chi connectivity index (χ4n) is 0.834. The van der Waals surface area contributed by atoms with Crippen molar-refractivity contribution in [2.24, 2.45) is 5.73 Å². The molecule has 0 aromatic carbocycles. The van der Waals surface area contributed by atoms with Crippen molar-refractivity contribution in [3.8, 4) is 5.75 Å². The molecule has 0 radical (unpaired) electrons. The molecule has 3 nitrogen and oxygen atoms in total. The molecule has 0 bridgehead atoms. The fourth-order valence-corrected chi connectivity index (χ4v) is 0.834. The van der Waals surface area contributed by atoms with Crippen LogP contribution in [0.4, 0.5) is 13.2 Å². The van der Waals surface area contributed by atoms with E-state index in [1.54, 1.807) is 0 Å². The monoisotopic (exact) mass is 192 g/mol. The van der Waals surface area contributed by atoms with E-state index < -0.39 is 23.7 Å². The van der Waals surface area contributed by atoms with Crippen molar-refractivity contribution in [3.05, 3.63) is 23.3 Å². The van der Waals surface area contributed by atoms with Crippen LogP contribution in [0.5, 0.6) is 5.75 Å². The molecular formula is C7H7F3N2O. The van der Waals surface area contributed by atoms with E-state index in [2.05, 4.69) is 4.98 Å². The highest BCUT2D eigenvalue weighted by Gasteiger charge is 2.19. The maximum Gasteiger partial charge on any atom is 0.284 e. The van der Waals surface area contributed by atoms with Crippen LogP contribution in [-0.2, 0) is 6.54 Å². The normalized spacial score (nSPS) is 10.8. The van der Waals surface area contributed by atoms with E-state index >= 15 is 0 Å². The van der Waals surface area contributed by atoms with Crippen LogP contribution < -0.4 is 5.73 Å². The van der Waals surface area contributed by atoms with Gasteiger partial charge in [0.2, 0.25) is 0 Å². The smallest absolute Gasteiger partial charge is 0.284 e. The summed E-state index contributed by atoms with van der Waals surface area (Å²) in [5.41, 5.74) is 4.09. The molecule has 0 aliphatic rings. The Labute approximate surface area is 72.0 Å². The third-order valence-corrected chi connectivity index (χ3v) is 1.44. The third-order valence-electron chi connectivity index (χ3n) is 1.44. The SMILES string of the molecule is NCc1cc(F)c(O)c(C(F)F)n1. The zero-order chi connectivity index (χ0) is 10.0. The molecule has 3 N–H and O–H groups in total. The van der Waals surface area contributed by atoms with Crippen LogP contribution >= 0.6 is 0 Å². The molecule has 72 valence electrons. The van der Waals surface area contributed by atoms with Gasteiger partial charge in [-0.05, 0) is 0 Å². The van der Waals surface area contributed by atoms with E-state index in [4.69, 9.17) is 10.8 Å². The van der Waals surface area contributed by atoms with Crippen LogP contribution in [-0.4, -0.2) is 10.1 Å². The molecule has 1 heterocycles. The third kappa shape index (κ3) is 1.89. The molecule has 6 heteroatoms. The van der Waals surface area contributed by atoms with E-state index in [0.717, 1.165) is 6.07 Å². The molecular weight excluding hydrogens is 185 g/mol. The number of alkyl halides is 2. The van der Waals surface area contributed by atoms with E-state index in [0.29, 0.717) is 0 Å². The molecule has 1 aromatic heterocycles. The molecule has 0 aliphatic carbocycles. The Morgan fingerprint density at radius 1 is 1.54 bits per heavy atom. The van der Waals surface area contributed by atoms with E-state index in [1.807, 2.05) is 0 Å². The predicted octanol–water partition coefficient (Wildman–Crippen LogP) is 1.32. The Morgan fingerprint density at radius 2 is 2.15 bits per heavy atom. The van der Waals surface area contributed by atoms with Gasteiger partial charge in [0.05, 0.1) is 5.69 Å². The van der Waals surface area contributed by atoms with Gasteiger partial charge in [0.15, 0.2) is 17.3 Å². The Kier molecular flexibility index (Phi) is 2.72. The number of aromatic hydroxyl groups is 1. The first-order valence-corrected chi connectivity index (χ1v) is 3.42. The van der Waals surface area contributed by atoms with Crippen molar-refractivity contribution in [1.29, 1.82) is 0 Å². The van der Waals surface area contributed by atoms with Gasteiger partial charge in [0.25, 0.3) is 6.43 Å². The molecule has 0 spiro atoms. The maximum atomic E-state index is 12.7. The molecule has 1 rings (SSSR count). The standard InChI is InChI=1S/C7H7F3N2O/c8-4-1-3(2-11)12-5(6(4)13)7(9)10/h1,7,13H,2,11H2. The minimum absolute atomic E-state index is 0.0226. The Balaban J connectivity index is 3.25. The molecule has 0 saturated heterocycles. The highest BCUT2D eigenvalue weighted by molar-refractivity contribution is 5.30. The van der Waals surface area contributed by atoms with Gasteiger partial charge in [-0.1, -0.05) is 0 Å². The van der Waals surface area contributed by atoms with Crippen LogP contribution in [0, 0.1) is 5.82 Å². The van der Waals surface area contributed by atoms with E-state index in [-0.39, 0.29) is 12.2 Å². The zero-order valence-electron chi connectivity index (χ0n) is 6.47. The summed E-state index contributed by atoms with van der Waals surface area (Å²) in [4.78, 5) is 3.29. The first-order valence-electron chi connectivity index (χ1n) is 3.42. The summed E-state index contributed by atoms with van der Waals surface area (Å²) in [5.74, 6) is -2.25. The first-order chi connectivity index (χ1) is 6.06. The van der Waals surface area contributed by atoms with Gasteiger partial charge >= 0.3 is 0 Å². The second kappa shape index (κ2) is 3.61. The number of rotatable bonds is 2. The zero-order valence-corrected chi connectivity index (χ0v) is 6.47. The first kappa shape index (κ1) is 9.79. The van der Waals surface area contributed by atoms with Gasteiger partial charge in [-0.15, -0.1) is 0 Å². The minimum atomic E-state index is -3.01. The molecule has 0 saturated carbocycles. The van der Waals surface area contributed by atoms with Gasteiger partial charge in [-0.25, -0.2) is 18.2 Å². The number of aromatic nitrogens is 1. The lowest BCUT2D eigenvalue weighted by molar-refractivity contribution is 0.140. The summed E-state index contributed by atoms with van der Waals surface area (Å²) in [6, 6.07) is 0.821. The van der Waals surface area contributed by atoms with Crippen molar-refractivity contribution < 1.29 is 18.3 Å². The van der Waals surface area contributed by atoms with Crippen LogP contribution in [0.3, 0.4) is 0 Å². The lowest BCUT2D eigenvalue weighted by Crippen LogP contribution is -2.04. The van der Waals surface area contributed by atoms with Crippen LogP contribution in [0.2, 0.25) is 0 Å². The average molecular weight is 192 g/mol. The van der Waals surface area contributed by atoms with E-state index in [9.17, 15) is 13.2 Å². The molecule has 0 amide bonds. The summed E-state index contributed by atoms with van der Waals surface area (Å²) in [6.45, 7) is -0.156. The molecule has 1 aromatic rings. The number of pyridine rings is 1. The van der Waals surface area contributed by atoms with Crippen molar-refractivity contribution >= 4 is 0 Å². The lowest BCUT2D eigenvalue weighted by atomic mass is 10.2. The summed E-state index contributed by atoms with van der Waals surface area (Å²) in [6.07, 6.45) is -3.01. The van der Waals surface area contributed by atoms with Gasteiger partial charge in [0.1, 0.15) is 0 Å². The Bertz CT molecular complexity index is 317. The minimum Gasteiger partial charge on any atom is -0.503 e. The summed E-state index contributed by atoms with van der Waals surface area (Å²) in [5, 5.41) is 8.83. The molecule has 13 heavy (non-hydrogen) atoms. The van der Waals surface area contributed by atoms with Gasteiger partial charge in [-0.3, -0.25) is 0 Å². The van der Waals surface area contributed by atoms with Gasteiger partial charge in [-0.2, -0.15) is 0 Å². The van der Waals surface area contributed by atoms with Crippen LogP contribution in [0.15, 0.2) is 6.07 Å². The number of hydrogen-bond acceptors (Lipinski definition) is 3. The fraction of sp³-hybridized carbons (Fsp3) is 0.286. The van der Waals surface area contributed by atoms with Crippen molar-refractivity contribution in [1.82, 2.24) is 4.98 Å². The molecule has 0 unspecified atom stereocenters. The number of halogens is 3. The van der Waals surface area contributed by atoms with Crippen LogP contribution in [0.1, 0.15) is 17.8 Å². The van der Waals surface area contributed by atoms with E-state index in [1.165, 1.54) is 0 Å². The summed E-state index contributed by atoms with van der Waals surface area (Å²) < 4.78 is 36.9. The summed E-state index contributed by atoms with van der Waals surface area (Å²) in [7, 11) is 0. The number of hydrogen-bond donors (Lipinski definition) is 2. The highest BCUT2D eigenvalue weighted by Crippen LogP contribution is 2.28. The lowest BCUT2D eigenvalue weighted by Gasteiger charge is -2.05. The summed E-state index contributed by atoms with van der Waals surface area (Å²) >= 11 is 0. The van der Waals surface area contributed by atoms with Crippen molar-refractivity contribution in [3.63, 3.8) is 0 Å². The highest BCUT2D eigenvalue weighted by atomic mass is 19.3. The van der Waals surface area contributed by atoms with Crippen molar-refractivity contribution in [2.45, 2.75) is 13.0 Å².